The van der Waals surface area contributed by atoms with Crippen LogP contribution in [0.5, 0.6) is 0 Å². The Labute approximate surface area is 146 Å². The minimum atomic E-state index is -0.0425. The van der Waals surface area contributed by atoms with Gasteiger partial charge >= 0.3 is 0 Å². The van der Waals surface area contributed by atoms with Gasteiger partial charge in [-0.2, -0.15) is 0 Å². The van der Waals surface area contributed by atoms with Gasteiger partial charge in [0, 0.05) is 48.7 Å². The average Bonchev–Trinajstić information content (AvgIpc) is 2.68. The summed E-state index contributed by atoms with van der Waals surface area (Å²) >= 11 is 0. The number of carbonyl (C=O) groups excluding carboxylic acids is 1. The van der Waals surface area contributed by atoms with Gasteiger partial charge in [0.2, 0.25) is 0 Å². The summed E-state index contributed by atoms with van der Waals surface area (Å²) < 4.78 is 0. The Balaban J connectivity index is 1.45. The van der Waals surface area contributed by atoms with Gasteiger partial charge in [0.25, 0.3) is 5.91 Å². The molecule has 0 radical (unpaired) electrons. The van der Waals surface area contributed by atoms with Crippen molar-refractivity contribution in [2.45, 2.75) is 25.7 Å². The van der Waals surface area contributed by atoms with Crippen LogP contribution >= 0.6 is 0 Å². The van der Waals surface area contributed by atoms with E-state index in [0.717, 1.165) is 35.1 Å². The van der Waals surface area contributed by atoms with Gasteiger partial charge in [0.1, 0.15) is 5.69 Å². The van der Waals surface area contributed by atoms with E-state index in [9.17, 15) is 4.79 Å². The summed E-state index contributed by atoms with van der Waals surface area (Å²) in [6.07, 6.45) is 8.67. The number of hydrogen-bond acceptors (Lipinski definition) is 5. The van der Waals surface area contributed by atoms with Crippen LogP contribution < -0.4 is 0 Å². The first-order valence-electron chi connectivity index (χ1n) is 8.49. The molecule has 4 rings (SSSR count). The van der Waals surface area contributed by atoms with Crippen molar-refractivity contribution in [3.8, 4) is 0 Å². The lowest BCUT2D eigenvalue weighted by atomic mass is 9.92. The zero-order chi connectivity index (χ0) is 17.2. The van der Waals surface area contributed by atoms with Crippen LogP contribution in [0.15, 0.2) is 43.0 Å². The Bertz CT molecular complexity index is 901. The fourth-order valence-electron chi connectivity index (χ4n) is 3.25. The van der Waals surface area contributed by atoms with Crippen LogP contribution in [0.1, 0.15) is 40.6 Å². The number of carbonyl (C=O) groups is 1. The Morgan fingerprint density at radius 1 is 1.08 bits per heavy atom. The molecule has 1 amide bonds. The van der Waals surface area contributed by atoms with Crippen LogP contribution in [0, 0.1) is 6.92 Å². The van der Waals surface area contributed by atoms with Crippen molar-refractivity contribution in [2.75, 3.05) is 13.1 Å². The van der Waals surface area contributed by atoms with E-state index < -0.39 is 0 Å². The smallest absolute Gasteiger partial charge is 0.274 e. The van der Waals surface area contributed by atoms with Gasteiger partial charge < -0.3 is 4.90 Å². The van der Waals surface area contributed by atoms with E-state index in [0.29, 0.717) is 24.7 Å². The van der Waals surface area contributed by atoms with Gasteiger partial charge in [0.15, 0.2) is 0 Å². The molecule has 1 fully saturated rings. The highest BCUT2D eigenvalue weighted by Crippen LogP contribution is 2.28. The molecule has 3 aromatic rings. The van der Waals surface area contributed by atoms with E-state index in [1.165, 1.54) is 0 Å². The summed E-state index contributed by atoms with van der Waals surface area (Å²) in [5.41, 5.74) is 3.26. The minimum Gasteiger partial charge on any atom is -0.337 e. The SMILES string of the molecule is Cc1cnc(C(=O)N2CCC(c3cc4ncccc4cn3)CC2)cn1. The van der Waals surface area contributed by atoms with Gasteiger partial charge in [-0.25, -0.2) is 4.98 Å². The fraction of sp³-hybridized carbons (Fsp3) is 0.316. The van der Waals surface area contributed by atoms with Gasteiger partial charge in [-0.1, -0.05) is 0 Å². The number of pyridine rings is 2. The van der Waals surface area contributed by atoms with Crippen molar-refractivity contribution >= 4 is 16.8 Å². The zero-order valence-corrected chi connectivity index (χ0v) is 14.1. The summed E-state index contributed by atoms with van der Waals surface area (Å²) in [7, 11) is 0. The molecule has 1 aliphatic rings. The van der Waals surface area contributed by atoms with Crippen LogP contribution in [0.3, 0.4) is 0 Å². The molecule has 0 N–H and O–H groups in total. The first-order valence-corrected chi connectivity index (χ1v) is 8.49. The van der Waals surface area contributed by atoms with Crippen LogP contribution in [0.25, 0.3) is 10.9 Å². The molecule has 0 unspecified atom stereocenters. The Kier molecular flexibility index (Phi) is 4.09. The van der Waals surface area contributed by atoms with Crippen molar-refractivity contribution in [1.29, 1.82) is 0 Å². The molecule has 0 bridgehead atoms. The van der Waals surface area contributed by atoms with E-state index in [4.69, 9.17) is 0 Å². The van der Waals surface area contributed by atoms with Crippen molar-refractivity contribution < 1.29 is 4.79 Å². The van der Waals surface area contributed by atoms with Crippen molar-refractivity contribution in [1.82, 2.24) is 24.8 Å². The van der Waals surface area contributed by atoms with E-state index in [1.54, 1.807) is 18.6 Å². The molecule has 6 heteroatoms. The number of aryl methyl sites for hydroxylation is 1. The molecule has 0 atom stereocenters. The van der Waals surface area contributed by atoms with Crippen LogP contribution in [0.2, 0.25) is 0 Å². The van der Waals surface area contributed by atoms with Gasteiger partial charge in [0.05, 0.1) is 17.4 Å². The average molecular weight is 333 g/mol. The highest BCUT2D eigenvalue weighted by molar-refractivity contribution is 5.92. The second kappa shape index (κ2) is 6.55. The van der Waals surface area contributed by atoms with Gasteiger partial charge in [-0.15, -0.1) is 0 Å². The quantitative estimate of drug-likeness (QED) is 0.721. The standard InChI is InChI=1S/C19H19N5O/c1-13-10-22-18(12-21-13)19(25)24-7-4-14(5-8-24)16-9-17-15(11-23-16)3-2-6-20-17/h2-3,6,9-12,14H,4-5,7-8H2,1H3. The first kappa shape index (κ1) is 15.6. The molecule has 126 valence electrons. The molecular weight excluding hydrogens is 314 g/mol. The molecule has 6 nitrogen and oxygen atoms in total. The third-order valence-corrected chi connectivity index (χ3v) is 4.71. The van der Waals surface area contributed by atoms with Gasteiger partial charge in [-0.05, 0) is 38.0 Å². The highest BCUT2D eigenvalue weighted by Gasteiger charge is 2.26. The summed E-state index contributed by atoms with van der Waals surface area (Å²) in [5, 5.41) is 1.05. The lowest BCUT2D eigenvalue weighted by Crippen LogP contribution is -2.38. The molecular formula is C19H19N5O. The van der Waals surface area contributed by atoms with E-state index >= 15 is 0 Å². The molecule has 1 saturated heterocycles. The normalized spacial score (nSPS) is 15.5. The lowest BCUT2D eigenvalue weighted by Gasteiger charge is -2.31. The number of aromatic nitrogens is 4. The monoisotopic (exact) mass is 333 g/mol. The summed E-state index contributed by atoms with van der Waals surface area (Å²) in [4.78, 5) is 31.7. The number of piperidine rings is 1. The molecule has 0 spiro atoms. The summed E-state index contributed by atoms with van der Waals surface area (Å²) in [6.45, 7) is 3.28. The number of likely N-dealkylation sites (tertiary alicyclic amines) is 1. The predicted octanol–water partition coefficient (Wildman–Crippen LogP) is 2.75. The third-order valence-electron chi connectivity index (χ3n) is 4.71. The Morgan fingerprint density at radius 3 is 2.68 bits per heavy atom. The van der Waals surface area contributed by atoms with Crippen molar-refractivity contribution in [3.05, 3.63) is 60.1 Å². The lowest BCUT2D eigenvalue weighted by molar-refractivity contribution is 0.0705. The predicted molar refractivity (Wildman–Crippen MR) is 94.2 cm³/mol. The molecule has 1 aliphatic heterocycles. The minimum absolute atomic E-state index is 0.0425. The number of rotatable bonds is 2. The fourth-order valence-corrected chi connectivity index (χ4v) is 3.25. The number of amides is 1. The van der Waals surface area contributed by atoms with Crippen LogP contribution in [0.4, 0.5) is 0 Å². The zero-order valence-electron chi connectivity index (χ0n) is 14.1. The van der Waals surface area contributed by atoms with Crippen molar-refractivity contribution in [2.24, 2.45) is 0 Å². The maximum Gasteiger partial charge on any atom is 0.274 e. The van der Waals surface area contributed by atoms with Crippen LogP contribution in [-0.4, -0.2) is 43.8 Å². The van der Waals surface area contributed by atoms with Crippen molar-refractivity contribution in [3.63, 3.8) is 0 Å². The Hall–Kier alpha value is -2.89. The molecule has 0 aliphatic carbocycles. The maximum atomic E-state index is 12.5. The first-order chi connectivity index (χ1) is 12.2. The Morgan fingerprint density at radius 2 is 1.92 bits per heavy atom. The number of nitrogens with zero attached hydrogens (tertiary/aromatic N) is 5. The second-order valence-electron chi connectivity index (χ2n) is 6.41. The largest absolute Gasteiger partial charge is 0.337 e. The molecule has 3 aromatic heterocycles. The van der Waals surface area contributed by atoms with Crippen LogP contribution in [-0.2, 0) is 0 Å². The topological polar surface area (TPSA) is 71.9 Å². The van der Waals surface area contributed by atoms with E-state index in [2.05, 4.69) is 26.0 Å². The molecule has 0 aromatic carbocycles. The van der Waals surface area contributed by atoms with Gasteiger partial charge in [-0.3, -0.25) is 19.7 Å². The summed E-state index contributed by atoms with van der Waals surface area (Å²) in [6, 6.07) is 6.01. The highest BCUT2D eigenvalue weighted by atomic mass is 16.2. The number of hydrogen-bond donors (Lipinski definition) is 0. The second-order valence-corrected chi connectivity index (χ2v) is 6.41. The maximum absolute atomic E-state index is 12.5. The molecule has 0 saturated carbocycles. The number of fused-ring (bicyclic) bond motifs is 1. The van der Waals surface area contributed by atoms with E-state index in [-0.39, 0.29) is 5.91 Å². The van der Waals surface area contributed by atoms with E-state index in [1.807, 2.05) is 30.2 Å². The molecule has 4 heterocycles. The third kappa shape index (κ3) is 3.20. The summed E-state index contributed by atoms with van der Waals surface area (Å²) in [5.74, 6) is 0.318. The molecule has 25 heavy (non-hydrogen) atoms.